The summed E-state index contributed by atoms with van der Waals surface area (Å²) in [5.41, 5.74) is 0. The van der Waals surface area contributed by atoms with Crippen LogP contribution < -0.4 is 846 Å². The molecular weight excluding hydrogens is 961 g/mol. The van der Waals surface area contributed by atoms with E-state index in [0.717, 1.165) is 0 Å². The maximum atomic E-state index is 8.42. The van der Waals surface area contributed by atoms with Crippen molar-refractivity contribution in [2.45, 2.75) is 0 Å². The van der Waals surface area contributed by atoms with E-state index in [1.165, 1.54) is 0 Å². The van der Waals surface area contributed by atoms with Crippen LogP contribution in [0.1, 0.15) is 0 Å². The second kappa shape index (κ2) is 159. The quantitative estimate of drug-likeness (QED) is 0.204. The molecule has 0 radical (unpaired) electrons. The molecule has 40 heavy (non-hydrogen) atoms. The fraction of sp³-hybridized carbons (Fsp3) is 0. The topological polar surface area (TPSA) is 503 Å². The van der Waals surface area contributed by atoms with Gasteiger partial charge >= 0.3 is 771 Å². The third kappa shape index (κ3) is 400. The molecule has 0 aromatic rings. The van der Waals surface area contributed by atoms with Gasteiger partial charge in [-0.3, -0.25) is 36.6 Å². The zero-order chi connectivity index (χ0) is 17.9. The molecule has 0 saturated heterocycles. The Labute approximate surface area is 874 Å². The Balaban J connectivity index is -0.00000000272. The van der Waals surface area contributed by atoms with Crippen LogP contribution in [0.25, 0.3) is 0 Å². The van der Waals surface area contributed by atoms with Gasteiger partial charge in [-0.1, -0.05) is 0 Å². The van der Waals surface area contributed by atoms with Gasteiger partial charge in [-0.25, -0.2) is 0 Å². The van der Waals surface area contributed by atoms with Gasteiger partial charge in [-0.2, -0.15) is 0 Å². The standard InChI is InChI=1S/5BO3.15K.5H2O/c5*2-1(3)4;;;;;;;;;;;;;;;;;;;;/h;;;;;;;;;;;;;;;;;;;;5*1H2/q5*-3;15*+1;;;;;. The first-order valence-corrected chi connectivity index (χ1v) is 3.54. The first-order valence-electron chi connectivity index (χ1n) is 3.54. The van der Waals surface area contributed by atoms with Crippen molar-refractivity contribution in [1.29, 1.82) is 0 Å². The Hall–Kier alpha value is 24.1. The largest absolute Gasteiger partial charge is 1.00 e. The molecule has 0 aromatic carbocycles. The molecule has 20 nitrogen and oxygen atoms in total. The number of hydrogen-bond donors (Lipinski definition) is 0. The molecule has 0 rings (SSSR count). The molecule has 0 amide bonds. The second-order valence-electron chi connectivity index (χ2n) is 1.44. The molecule has 10 N–H and O–H groups in total. The summed E-state index contributed by atoms with van der Waals surface area (Å²) in [5.74, 6) is 0. The van der Waals surface area contributed by atoms with Crippen molar-refractivity contribution >= 4 is 36.6 Å². The van der Waals surface area contributed by atoms with Crippen LogP contribution in [0, 0.1) is 0 Å². The van der Waals surface area contributed by atoms with Crippen LogP contribution >= 0.6 is 0 Å². The van der Waals surface area contributed by atoms with Gasteiger partial charge < -0.3 is 103 Å². The molecule has 0 atom stereocenters. The zero-order valence-corrected chi connectivity index (χ0v) is 73.4. The minimum atomic E-state index is -2.92. The van der Waals surface area contributed by atoms with E-state index in [1.54, 1.807) is 0 Å². The Kier molecular flexibility index (Phi) is 664. The summed E-state index contributed by atoms with van der Waals surface area (Å²) in [5, 5.41) is 126. The smallest absolute Gasteiger partial charge is 0.907 e. The minimum absolute atomic E-state index is 0. The molecule has 0 aliphatic rings. The van der Waals surface area contributed by atoms with Crippen molar-refractivity contribution in [2.24, 2.45) is 0 Å². The predicted octanol–water partition coefficient (Wildman–Crippen LogP) is -68.8. The summed E-state index contributed by atoms with van der Waals surface area (Å²) in [6.45, 7) is 0. The van der Waals surface area contributed by atoms with Crippen molar-refractivity contribution in [1.82, 2.24) is 0 Å². The van der Waals surface area contributed by atoms with E-state index in [2.05, 4.69) is 0 Å². The average Bonchev–Trinajstić information content (AvgIpc) is 1.94. The molecule has 0 spiro atoms. The van der Waals surface area contributed by atoms with E-state index in [9.17, 15) is 0 Å². The molecule has 0 aromatic heterocycles. The number of rotatable bonds is 0. The summed E-state index contributed by atoms with van der Waals surface area (Å²) in [4.78, 5) is 0. The SMILES string of the molecule is O.O.O.O.O.[K+].[K+].[K+].[K+].[K+].[K+].[K+].[K+].[K+].[K+].[K+].[K+].[K+].[K+].[K+].[O-]B([O-])[O-].[O-]B([O-])[O-].[O-]B([O-])[O-].[O-]B([O-])[O-].[O-]B([O-])[O-]. The van der Waals surface area contributed by atoms with Crippen LogP contribution in [0.4, 0.5) is 0 Å². The van der Waals surface area contributed by atoms with Gasteiger partial charge in [0.2, 0.25) is 0 Å². The van der Waals surface area contributed by atoms with Gasteiger partial charge in [0.1, 0.15) is 0 Å². The van der Waals surface area contributed by atoms with Crippen molar-refractivity contribution in [2.75, 3.05) is 0 Å². The fourth-order valence-corrected chi connectivity index (χ4v) is 0. The maximum Gasteiger partial charge on any atom is 1.00 e. The Morgan fingerprint density at radius 2 is 0.150 bits per heavy atom. The first-order chi connectivity index (χ1) is 8.66. The first kappa shape index (κ1) is 167. The zero-order valence-electron chi connectivity index (χ0n) is 26.5. The number of hydrogen-bond acceptors (Lipinski definition) is 15. The van der Waals surface area contributed by atoms with Crippen LogP contribution in [-0.4, -0.2) is 64.0 Å². The van der Waals surface area contributed by atoms with Crippen LogP contribution in [0.2, 0.25) is 0 Å². The molecule has 0 heterocycles. The van der Waals surface area contributed by atoms with Gasteiger partial charge in [0.05, 0.1) is 0 Å². The van der Waals surface area contributed by atoms with Gasteiger partial charge in [0, 0.05) is 0 Å². The molecule has 0 unspecified atom stereocenters. The van der Waals surface area contributed by atoms with Gasteiger partial charge in [-0.05, 0) is 0 Å². The molecule has 40 heteroatoms. The van der Waals surface area contributed by atoms with Crippen molar-refractivity contribution in [3.8, 4) is 0 Å². The van der Waals surface area contributed by atoms with Crippen LogP contribution in [0.3, 0.4) is 0 Å². The molecule has 0 saturated carbocycles. The van der Waals surface area contributed by atoms with E-state index in [0.29, 0.717) is 0 Å². The normalized spacial score (nSPS) is 3.38. The monoisotopic (exact) mass is 969 g/mol. The van der Waals surface area contributed by atoms with E-state index in [1.807, 2.05) is 0 Å². The van der Waals surface area contributed by atoms with Crippen molar-refractivity contribution < 1.29 is 874 Å². The van der Waals surface area contributed by atoms with E-state index < -0.39 is 36.6 Å². The second-order valence-corrected chi connectivity index (χ2v) is 1.44. The Bertz CT molecular complexity index is 115. The summed E-state index contributed by atoms with van der Waals surface area (Å²) in [7, 11) is -14.6. The van der Waals surface area contributed by atoms with Gasteiger partial charge in [0.15, 0.2) is 0 Å². The summed E-state index contributed by atoms with van der Waals surface area (Å²) >= 11 is 0. The molecule has 0 aliphatic heterocycles. The maximum absolute atomic E-state index is 8.42. The fourth-order valence-electron chi connectivity index (χ4n) is 0. The van der Waals surface area contributed by atoms with Crippen LogP contribution in [0.15, 0.2) is 0 Å². The molecule has 0 fully saturated rings. The Morgan fingerprint density at radius 1 is 0.150 bits per heavy atom. The third-order valence-electron chi connectivity index (χ3n) is 0. The van der Waals surface area contributed by atoms with Crippen LogP contribution in [-0.2, 0) is 0 Å². The predicted molar refractivity (Wildman–Crippen MR) is 46.8 cm³/mol. The average molecular weight is 971 g/mol. The van der Waals surface area contributed by atoms with Gasteiger partial charge in [0.25, 0.3) is 0 Å². The molecule has 160 valence electrons. The summed E-state index contributed by atoms with van der Waals surface area (Å²) in [6, 6.07) is 0. The minimum Gasteiger partial charge on any atom is -0.907 e. The van der Waals surface area contributed by atoms with E-state index >= 15 is 0 Å². The van der Waals surface area contributed by atoms with Crippen LogP contribution in [0.5, 0.6) is 0 Å². The molecular formula is H10B5K15O20. The summed E-state index contributed by atoms with van der Waals surface area (Å²) in [6.07, 6.45) is 0. The molecule has 0 bridgehead atoms. The van der Waals surface area contributed by atoms with Crippen molar-refractivity contribution in [3.05, 3.63) is 0 Å². The van der Waals surface area contributed by atoms with Gasteiger partial charge in [-0.15, -0.1) is 0 Å². The third-order valence-corrected chi connectivity index (χ3v) is 0. The van der Waals surface area contributed by atoms with Crippen molar-refractivity contribution in [3.63, 3.8) is 0 Å². The molecule has 0 aliphatic carbocycles. The van der Waals surface area contributed by atoms with E-state index in [-0.39, 0.29) is 798 Å². The summed E-state index contributed by atoms with van der Waals surface area (Å²) < 4.78 is 0. The Morgan fingerprint density at radius 3 is 0.150 bits per heavy atom. The van der Waals surface area contributed by atoms with E-state index in [4.69, 9.17) is 75.4 Å².